The van der Waals surface area contributed by atoms with Gasteiger partial charge in [-0.25, -0.2) is 8.78 Å². The van der Waals surface area contributed by atoms with Gasteiger partial charge in [-0.1, -0.05) is 12.1 Å². The van der Waals surface area contributed by atoms with Gasteiger partial charge in [0.25, 0.3) is 5.91 Å². The molecule has 0 radical (unpaired) electrons. The average Bonchev–Trinajstić information content (AvgIpc) is 2.67. The van der Waals surface area contributed by atoms with Crippen molar-refractivity contribution in [1.29, 1.82) is 0 Å². The maximum Gasteiger partial charge on any atom is 0.278 e. The van der Waals surface area contributed by atoms with Gasteiger partial charge in [0, 0.05) is 12.2 Å². The maximum absolute atomic E-state index is 13.0. The lowest BCUT2D eigenvalue weighted by Gasteiger charge is -2.36. The average molecular weight is 360 g/mol. The molecular formula is C20H24F2N3O+. The fraction of sp³-hybridized carbons (Fsp3) is 0.350. The van der Waals surface area contributed by atoms with Gasteiger partial charge < -0.3 is 15.1 Å². The molecule has 0 unspecified atom stereocenters. The predicted molar refractivity (Wildman–Crippen MR) is 97.0 cm³/mol. The van der Waals surface area contributed by atoms with Gasteiger partial charge in [0.1, 0.15) is 11.6 Å². The number of carbonyl (C=O) groups excluding carboxylic acids is 1. The topological polar surface area (TPSA) is 36.8 Å². The Morgan fingerprint density at radius 2 is 1.58 bits per heavy atom. The third-order valence-corrected chi connectivity index (χ3v) is 4.98. The highest BCUT2D eigenvalue weighted by Gasteiger charge is 2.29. The molecule has 26 heavy (non-hydrogen) atoms. The normalized spacial score (nSPS) is 16.3. The summed E-state index contributed by atoms with van der Waals surface area (Å²) in [6.45, 7) is 5.69. The molecule has 3 rings (SSSR count). The second kappa shape index (κ2) is 8.27. The molecule has 1 fully saturated rings. The van der Waals surface area contributed by atoms with Crippen molar-refractivity contribution < 1.29 is 18.5 Å². The fourth-order valence-corrected chi connectivity index (χ4v) is 3.27. The Hall–Kier alpha value is -2.47. The van der Waals surface area contributed by atoms with Crippen LogP contribution in [-0.4, -0.2) is 38.1 Å². The summed E-state index contributed by atoms with van der Waals surface area (Å²) in [6, 6.07) is 12.5. The van der Waals surface area contributed by atoms with Crippen LogP contribution in [0, 0.1) is 11.6 Å². The minimum atomic E-state index is -0.281. The Morgan fingerprint density at radius 3 is 2.15 bits per heavy atom. The summed E-state index contributed by atoms with van der Waals surface area (Å²) in [4.78, 5) is 15.9. The number of nitrogens with zero attached hydrogens (tertiary/aromatic N) is 1. The van der Waals surface area contributed by atoms with Crippen molar-refractivity contribution in [2.45, 2.75) is 19.5 Å². The third-order valence-electron chi connectivity index (χ3n) is 4.98. The van der Waals surface area contributed by atoms with Crippen LogP contribution < -0.4 is 15.1 Å². The largest absolute Gasteiger partial charge is 0.360 e. The number of hydrogen-bond donors (Lipinski definition) is 2. The smallest absolute Gasteiger partial charge is 0.278 e. The zero-order chi connectivity index (χ0) is 18.5. The molecule has 138 valence electrons. The molecule has 1 saturated heterocycles. The first-order chi connectivity index (χ1) is 12.5. The van der Waals surface area contributed by atoms with Gasteiger partial charge in [0.2, 0.25) is 0 Å². The number of carbonyl (C=O) groups is 1. The number of rotatable bonds is 5. The van der Waals surface area contributed by atoms with Gasteiger partial charge in [0.15, 0.2) is 6.04 Å². The van der Waals surface area contributed by atoms with E-state index in [1.54, 1.807) is 24.3 Å². The molecule has 0 aliphatic carbocycles. The molecule has 2 aromatic carbocycles. The highest BCUT2D eigenvalue weighted by Crippen LogP contribution is 2.14. The number of amides is 1. The van der Waals surface area contributed by atoms with E-state index in [4.69, 9.17) is 0 Å². The van der Waals surface area contributed by atoms with Gasteiger partial charge in [-0.2, -0.15) is 0 Å². The number of quaternary nitrogens is 1. The van der Waals surface area contributed by atoms with E-state index in [-0.39, 0.29) is 23.6 Å². The summed E-state index contributed by atoms with van der Waals surface area (Å²) >= 11 is 0. The van der Waals surface area contributed by atoms with E-state index in [1.165, 1.54) is 29.2 Å². The van der Waals surface area contributed by atoms with Gasteiger partial charge in [-0.3, -0.25) is 4.79 Å². The van der Waals surface area contributed by atoms with Crippen LogP contribution in [0.4, 0.5) is 14.5 Å². The number of anilines is 1. The number of piperazine rings is 1. The molecule has 1 aliphatic rings. The Balaban J connectivity index is 1.48. The number of halogens is 2. The number of hydrogen-bond acceptors (Lipinski definition) is 2. The lowest BCUT2D eigenvalue weighted by Crippen LogP contribution is -3.19. The molecule has 6 heteroatoms. The summed E-state index contributed by atoms with van der Waals surface area (Å²) < 4.78 is 26.0. The van der Waals surface area contributed by atoms with Crippen molar-refractivity contribution in [3.05, 3.63) is 65.7 Å². The van der Waals surface area contributed by atoms with Crippen molar-refractivity contribution in [2.75, 3.05) is 31.1 Å². The molecular weight excluding hydrogens is 336 g/mol. The summed E-state index contributed by atoms with van der Waals surface area (Å²) in [6.07, 6.45) is 0. The monoisotopic (exact) mass is 360 g/mol. The third kappa shape index (κ3) is 4.58. The molecule has 0 spiro atoms. The Morgan fingerprint density at radius 1 is 1.04 bits per heavy atom. The molecule has 4 nitrogen and oxygen atoms in total. The van der Waals surface area contributed by atoms with Crippen LogP contribution in [0.1, 0.15) is 12.5 Å². The number of nitrogens with one attached hydrogen (secondary N) is 2. The molecule has 1 heterocycles. The van der Waals surface area contributed by atoms with Crippen molar-refractivity contribution in [2.24, 2.45) is 0 Å². The molecule has 1 atom stereocenters. The number of benzene rings is 2. The second-order valence-corrected chi connectivity index (χ2v) is 6.69. The van der Waals surface area contributed by atoms with Crippen molar-refractivity contribution in [3.8, 4) is 0 Å². The summed E-state index contributed by atoms with van der Waals surface area (Å²) in [7, 11) is 0. The lowest BCUT2D eigenvalue weighted by molar-refractivity contribution is -0.914. The molecule has 2 aromatic rings. The van der Waals surface area contributed by atoms with Crippen LogP contribution in [0.3, 0.4) is 0 Å². The Labute approximate surface area is 152 Å². The van der Waals surface area contributed by atoms with Crippen molar-refractivity contribution in [3.63, 3.8) is 0 Å². The molecule has 0 aromatic heterocycles. The molecule has 0 bridgehead atoms. The first kappa shape index (κ1) is 18.3. The summed E-state index contributed by atoms with van der Waals surface area (Å²) in [5.74, 6) is -0.513. The van der Waals surface area contributed by atoms with Crippen molar-refractivity contribution in [1.82, 2.24) is 5.32 Å². The molecule has 0 saturated carbocycles. The minimum absolute atomic E-state index is 0.000410. The molecule has 1 amide bonds. The second-order valence-electron chi connectivity index (χ2n) is 6.69. The van der Waals surface area contributed by atoms with Crippen LogP contribution in [0.5, 0.6) is 0 Å². The van der Waals surface area contributed by atoms with Crippen LogP contribution in [0.2, 0.25) is 0 Å². The van der Waals surface area contributed by atoms with Crippen LogP contribution in [0.25, 0.3) is 0 Å². The fourth-order valence-electron chi connectivity index (χ4n) is 3.27. The van der Waals surface area contributed by atoms with Crippen LogP contribution in [-0.2, 0) is 11.3 Å². The first-order valence-corrected chi connectivity index (χ1v) is 8.90. The van der Waals surface area contributed by atoms with E-state index in [1.807, 2.05) is 6.92 Å². The minimum Gasteiger partial charge on any atom is -0.360 e. The van der Waals surface area contributed by atoms with Gasteiger partial charge in [-0.05, 0) is 48.9 Å². The van der Waals surface area contributed by atoms with Crippen LogP contribution in [0.15, 0.2) is 48.5 Å². The quantitative estimate of drug-likeness (QED) is 0.845. The van der Waals surface area contributed by atoms with E-state index >= 15 is 0 Å². The van der Waals surface area contributed by atoms with E-state index in [0.717, 1.165) is 37.4 Å². The van der Waals surface area contributed by atoms with E-state index in [0.29, 0.717) is 6.54 Å². The zero-order valence-electron chi connectivity index (χ0n) is 14.8. The highest BCUT2D eigenvalue weighted by molar-refractivity contribution is 5.79. The molecule has 2 N–H and O–H groups in total. The van der Waals surface area contributed by atoms with E-state index in [9.17, 15) is 13.6 Å². The standard InChI is InChI=1S/C20H23F2N3O/c1-15(20(26)23-14-16-2-4-17(21)5-3-16)24-10-12-25(13-11-24)19-8-6-18(22)7-9-19/h2-9,15H,10-14H2,1H3,(H,23,26)/p+1/t15-/m1/s1. The van der Waals surface area contributed by atoms with Crippen LogP contribution >= 0.6 is 0 Å². The van der Waals surface area contributed by atoms with E-state index in [2.05, 4.69) is 10.2 Å². The highest BCUT2D eigenvalue weighted by atomic mass is 19.1. The van der Waals surface area contributed by atoms with Gasteiger partial charge in [-0.15, -0.1) is 0 Å². The Bertz CT molecular complexity index is 726. The SMILES string of the molecule is C[C@H](C(=O)NCc1ccc(F)cc1)[NH+]1CCN(c2ccc(F)cc2)CC1. The van der Waals surface area contributed by atoms with Gasteiger partial charge >= 0.3 is 0 Å². The summed E-state index contributed by atoms with van der Waals surface area (Å²) in [5, 5.41) is 2.93. The van der Waals surface area contributed by atoms with E-state index < -0.39 is 0 Å². The predicted octanol–water partition coefficient (Wildman–Crippen LogP) is 1.37. The summed E-state index contributed by atoms with van der Waals surface area (Å²) in [5.41, 5.74) is 1.89. The van der Waals surface area contributed by atoms with Gasteiger partial charge in [0.05, 0.1) is 26.2 Å². The Kier molecular flexibility index (Phi) is 5.83. The zero-order valence-corrected chi connectivity index (χ0v) is 14.8. The van der Waals surface area contributed by atoms with Crippen molar-refractivity contribution >= 4 is 11.6 Å². The lowest BCUT2D eigenvalue weighted by atomic mass is 10.2. The first-order valence-electron chi connectivity index (χ1n) is 8.90. The maximum atomic E-state index is 13.0. The molecule has 1 aliphatic heterocycles.